The minimum absolute atomic E-state index is 0.430. The minimum atomic E-state index is 0.430. The molecule has 19 heavy (non-hydrogen) atoms. The molecule has 4 nitrogen and oxygen atoms in total. The van der Waals surface area contributed by atoms with Crippen molar-refractivity contribution >= 4 is 33.0 Å². The van der Waals surface area contributed by atoms with Crippen LogP contribution in [0.2, 0.25) is 0 Å². The monoisotopic (exact) mass is 317 g/mol. The molecule has 0 aromatic heterocycles. The first kappa shape index (κ1) is 13.2. The van der Waals surface area contributed by atoms with Crippen LogP contribution >= 0.6 is 15.9 Å². The molecule has 2 aromatic rings. The van der Waals surface area contributed by atoms with Crippen LogP contribution in [0.25, 0.3) is 0 Å². The Balaban J connectivity index is 2.39. The normalized spacial score (nSPS) is 9.74. The SMILES string of the molecule is COc1ccc(Br)c(Nc2cccc(C#N)c2N)c1. The molecule has 0 aliphatic carbocycles. The fraction of sp³-hybridized carbons (Fsp3) is 0.0714. The molecule has 0 radical (unpaired) electrons. The number of hydrogen-bond donors (Lipinski definition) is 2. The number of rotatable bonds is 3. The number of methoxy groups -OCH3 is 1. The smallest absolute Gasteiger partial charge is 0.121 e. The van der Waals surface area contributed by atoms with Crippen LogP contribution in [0, 0.1) is 11.3 Å². The van der Waals surface area contributed by atoms with Gasteiger partial charge in [0.2, 0.25) is 0 Å². The number of ether oxygens (including phenoxy) is 1. The lowest BCUT2D eigenvalue weighted by Gasteiger charge is -2.12. The highest BCUT2D eigenvalue weighted by Crippen LogP contribution is 2.32. The van der Waals surface area contributed by atoms with Crippen LogP contribution in [0.15, 0.2) is 40.9 Å². The summed E-state index contributed by atoms with van der Waals surface area (Å²) < 4.78 is 6.06. The van der Waals surface area contributed by atoms with Gasteiger partial charge in [0.25, 0.3) is 0 Å². The highest BCUT2D eigenvalue weighted by molar-refractivity contribution is 9.10. The third-order valence-corrected chi connectivity index (χ3v) is 3.36. The van der Waals surface area contributed by atoms with Gasteiger partial charge in [-0.2, -0.15) is 5.26 Å². The molecule has 0 aliphatic rings. The van der Waals surface area contributed by atoms with Crippen LogP contribution in [0.3, 0.4) is 0 Å². The molecule has 2 aromatic carbocycles. The fourth-order valence-electron chi connectivity index (χ4n) is 1.64. The summed E-state index contributed by atoms with van der Waals surface area (Å²) in [7, 11) is 1.61. The molecule has 0 fully saturated rings. The Kier molecular flexibility index (Phi) is 3.93. The van der Waals surface area contributed by atoms with Crippen LogP contribution in [0.1, 0.15) is 5.56 Å². The first-order valence-electron chi connectivity index (χ1n) is 5.55. The first-order chi connectivity index (χ1) is 9.15. The predicted molar refractivity (Wildman–Crippen MR) is 79.5 cm³/mol. The first-order valence-corrected chi connectivity index (χ1v) is 6.34. The van der Waals surface area contributed by atoms with Crippen LogP contribution in [-0.4, -0.2) is 7.11 Å². The number of halogens is 1. The van der Waals surface area contributed by atoms with Crippen LogP contribution < -0.4 is 15.8 Å². The van der Waals surface area contributed by atoms with Crippen molar-refractivity contribution in [3.8, 4) is 11.8 Å². The van der Waals surface area contributed by atoms with E-state index in [-0.39, 0.29) is 0 Å². The summed E-state index contributed by atoms with van der Waals surface area (Å²) in [6.45, 7) is 0. The summed E-state index contributed by atoms with van der Waals surface area (Å²) in [5, 5.41) is 12.1. The molecule has 0 saturated carbocycles. The van der Waals surface area contributed by atoms with Crippen molar-refractivity contribution in [2.75, 3.05) is 18.2 Å². The lowest BCUT2D eigenvalue weighted by molar-refractivity contribution is 0.415. The van der Waals surface area contributed by atoms with E-state index < -0.39 is 0 Å². The van der Waals surface area contributed by atoms with Crippen molar-refractivity contribution in [2.45, 2.75) is 0 Å². The summed E-state index contributed by atoms with van der Waals surface area (Å²) in [6, 6.07) is 12.9. The fourth-order valence-corrected chi connectivity index (χ4v) is 1.99. The van der Waals surface area contributed by atoms with E-state index in [2.05, 4.69) is 27.3 Å². The van der Waals surface area contributed by atoms with Gasteiger partial charge in [-0.1, -0.05) is 6.07 Å². The molecular weight excluding hydrogens is 306 g/mol. The van der Waals surface area contributed by atoms with Crippen molar-refractivity contribution in [3.63, 3.8) is 0 Å². The second kappa shape index (κ2) is 5.63. The molecule has 0 aliphatic heterocycles. The maximum Gasteiger partial charge on any atom is 0.121 e. The molecule has 0 heterocycles. The Bertz CT molecular complexity index is 650. The van der Waals surface area contributed by atoms with Gasteiger partial charge in [0.1, 0.15) is 11.8 Å². The zero-order chi connectivity index (χ0) is 13.8. The molecule has 0 atom stereocenters. The van der Waals surface area contributed by atoms with Crippen molar-refractivity contribution in [2.24, 2.45) is 0 Å². The molecule has 96 valence electrons. The zero-order valence-corrected chi connectivity index (χ0v) is 11.9. The van der Waals surface area contributed by atoms with E-state index in [1.165, 1.54) is 0 Å². The highest BCUT2D eigenvalue weighted by Gasteiger charge is 2.07. The number of nitrogens with one attached hydrogen (secondary N) is 1. The van der Waals surface area contributed by atoms with Crippen molar-refractivity contribution < 1.29 is 4.74 Å². The average molecular weight is 318 g/mol. The molecule has 0 unspecified atom stereocenters. The van der Waals surface area contributed by atoms with E-state index >= 15 is 0 Å². The van der Waals surface area contributed by atoms with Gasteiger partial charge in [0.05, 0.1) is 29.7 Å². The number of anilines is 3. The van der Waals surface area contributed by atoms with Crippen molar-refractivity contribution in [3.05, 3.63) is 46.4 Å². The third kappa shape index (κ3) is 2.80. The molecule has 2 rings (SSSR count). The second-order valence-electron chi connectivity index (χ2n) is 3.85. The molecule has 0 saturated heterocycles. The Morgan fingerprint density at radius 1 is 1.26 bits per heavy atom. The van der Waals surface area contributed by atoms with Crippen molar-refractivity contribution in [1.29, 1.82) is 5.26 Å². The van der Waals surface area contributed by atoms with Gasteiger partial charge in [-0.25, -0.2) is 0 Å². The molecule has 5 heteroatoms. The summed E-state index contributed by atoms with van der Waals surface area (Å²) in [5.74, 6) is 0.737. The minimum Gasteiger partial charge on any atom is -0.497 e. The largest absolute Gasteiger partial charge is 0.497 e. The topological polar surface area (TPSA) is 71.1 Å². The van der Waals surface area contributed by atoms with Gasteiger partial charge in [-0.15, -0.1) is 0 Å². The van der Waals surface area contributed by atoms with Gasteiger partial charge < -0.3 is 15.8 Å². The predicted octanol–water partition coefficient (Wildman–Crippen LogP) is 3.66. The Labute approximate surface area is 119 Å². The number of nitrogens with zero attached hydrogens (tertiary/aromatic N) is 1. The summed E-state index contributed by atoms with van der Waals surface area (Å²) in [4.78, 5) is 0. The van der Waals surface area contributed by atoms with Crippen molar-refractivity contribution in [1.82, 2.24) is 0 Å². The second-order valence-corrected chi connectivity index (χ2v) is 4.70. The number of benzene rings is 2. The van der Waals surface area contributed by atoms with Crippen LogP contribution in [-0.2, 0) is 0 Å². The van der Waals surface area contributed by atoms with E-state index in [1.54, 1.807) is 19.2 Å². The number of hydrogen-bond acceptors (Lipinski definition) is 4. The maximum absolute atomic E-state index is 8.96. The molecular formula is C14H12BrN3O. The summed E-state index contributed by atoms with van der Waals surface area (Å²) >= 11 is 3.45. The molecule has 0 amide bonds. The number of nitriles is 1. The van der Waals surface area contributed by atoms with Gasteiger partial charge in [-0.3, -0.25) is 0 Å². The van der Waals surface area contributed by atoms with Gasteiger partial charge >= 0.3 is 0 Å². The van der Waals surface area contributed by atoms with Gasteiger partial charge in [-0.05, 0) is 40.2 Å². The number of nitrogen functional groups attached to an aromatic ring is 1. The average Bonchev–Trinajstić information content (AvgIpc) is 2.43. The Hall–Kier alpha value is -2.19. The van der Waals surface area contributed by atoms with E-state index in [9.17, 15) is 0 Å². The van der Waals surface area contributed by atoms with Gasteiger partial charge in [0.15, 0.2) is 0 Å². The lowest BCUT2D eigenvalue weighted by Crippen LogP contribution is -1.99. The molecule has 0 spiro atoms. The quantitative estimate of drug-likeness (QED) is 0.847. The molecule has 3 N–H and O–H groups in total. The number of nitrogens with two attached hydrogens (primary N) is 1. The van der Waals surface area contributed by atoms with E-state index in [0.717, 1.165) is 15.9 Å². The van der Waals surface area contributed by atoms with Crippen LogP contribution in [0.5, 0.6) is 5.75 Å². The van der Waals surface area contributed by atoms with E-state index in [0.29, 0.717) is 16.9 Å². The standard InChI is InChI=1S/C14H12BrN3O/c1-19-10-5-6-11(15)13(7-10)18-12-4-2-3-9(8-16)14(12)17/h2-7,18H,17H2,1H3. The Morgan fingerprint density at radius 2 is 2.05 bits per heavy atom. The zero-order valence-electron chi connectivity index (χ0n) is 10.3. The number of para-hydroxylation sites is 1. The van der Waals surface area contributed by atoms with E-state index in [1.807, 2.05) is 24.3 Å². The Morgan fingerprint density at radius 3 is 2.74 bits per heavy atom. The lowest BCUT2D eigenvalue weighted by atomic mass is 10.1. The van der Waals surface area contributed by atoms with Crippen LogP contribution in [0.4, 0.5) is 17.1 Å². The summed E-state index contributed by atoms with van der Waals surface area (Å²) in [5.41, 5.74) is 8.32. The molecule has 0 bridgehead atoms. The maximum atomic E-state index is 8.96. The summed E-state index contributed by atoms with van der Waals surface area (Å²) in [6.07, 6.45) is 0. The highest BCUT2D eigenvalue weighted by atomic mass is 79.9. The van der Waals surface area contributed by atoms with Gasteiger partial charge in [0, 0.05) is 10.5 Å². The third-order valence-electron chi connectivity index (χ3n) is 2.67. The van der Waals surface area contributed by atoms with E-state index in [4.69, 9.17) is 15.7 Å².